The number of benzene rings is 1. The van der Waals surface area contributed by atoms with Crippen LogP contribution in [0.25, 0.3) is 0 Å². The highest BCUT2D eigenvalue weighted by Crippen LogP contribution is 2.16. The van der Waals surface area contributed by atoms with Crippen LogP contribution in [0.1, 0.15) is 43.5 Å². The van der Waals surface area contributed by atoms with Gasteiger partial charge in [0, 0.05) is 10.5 Å². The number of carbonyl (C=O) groups excluding carboxylic acids is 2. The van der Waals surface area contributed by atoms with Crippen LogP contribution in [-0.4, -0.2) is 35.9 Å². The van der Waals surface area contributed by atoms with E-state index in [9.17, 15) is 9.59 Å². The largest absolute Gasteiger partial charge is 0.352 e. The van der Waals surface area contributed by atoms with Gasteiger partial charge in [-0.2, -0.15) is 11.8 Å². The Hall–Kier alpha value is -1.01. The first-order valence-corrected chi connectivity index (χ1v) is 10.0. The first-order chi connectivity index (χ1) is 11.0. The van der Waals surface area contributed by atoms with Gasteiger partial charge in [0.05, 0.1) is 5.56 Å². The molecule has 1 rings (SSSR count). The minimum Gasteiger partial charge on any atom is -0.352 e. The van der Waals surface area contributed by atoms with E-state index in [4.69, 9.17) is 0 Å². The molecular formula is C17H25BrN2O2S. The van der Waals surface area contributed by atoms with Crippen molar-refractivity contribution in [2.45, 2.75) is 45.2 Å². The summed E-state index contributed by atoms with van der Waals surface area (Å²) in [6, 6.07) is 6.81. The van der Waals surface area contributed by atoms with Crippen molar-refractivity contribution in [3.63, 3.8) is 0 Å². The number of amides is 2. The van der Waals surface area contributed by atoms with E-state index in [1.807, 2.05) is 25.3 Å². The quantitative estimate of drug-likeness (QED) is 0.665. The summed E-state index contributed by atoms with van der Waals surface area (Å²) in [5, 5.41) is 5.85. The summed E-state index contributed by atoms with van der Waals surface area (Å²) in [6.07, 6.45) is 4.55. The summed E-state index contributed by atoms with van der Waals surface area (Å²) in [5.74, 6) is 0.471. The summed E-state index contributed by atoms with van der Waals surface area (Å²) in [6.45, 7) is 4.07. The average Bonchev–Trinajstić information content (AvgIpc) is 2.51. The molecule has 2 N–H and O–H groups in total. The molecule has 23 heavy (non-hydrogen) atoms. The van der Waals surface area contributed by atoms with Crippen molar-refractivity contribution in [1.29, 1.82) is 0 Å². The van der Waals surface area contributed by atoms with E-state index in [0.717, 1.165) is 23.1 Å². The number of rotatable bonds is 9. The van der Waals surface area contributed by atoms with Crippen molar-refractivity contribution >= 4 is 39.5 Å². The van der Waals surface area contributed by atoms with Gasteiger partial charge in [0.25, 0.3) is 5.91 Å². The molecule has 6 heteroatoms. The van der Waals surface area contributed by atoms with Gasteiger partial charge in [-0.3, -0.25) is 9.59 Å². The third kappa shape index (κ3) is 6.96. The molecule has 0 bridgehead atoms. The fourth-order valence-corrected chi connectivity index (χ4v) is 3.17. The highest BCUT2D eigenvalue weighted by Gasteiger charge is 2.22. The maximum atomic E-state index is 12.4. The zero-order valence-electron chi connectivity index (χ0n) is 13.9. The molecular weight excluding hydrogens is 376 g/mol. The molecule has 0 radical (unpaired) electrons. The number of thioether (sulfide) groups is 1. The van der Waals surface area contributed by atoms with Gasteiger partial charge < -0.3 is 10.6 Å². The molecule has 2 atom stereocenters. The van der Waals surface area contributed by atoms with Crippen molar-refractivity contribution < 1.29 is 9.59 Å². The van der Waals surface area contributed by atoms with Gasteiger partial charge in [-0.1, -0.05) is 25.5 Å². The van der Waals surface area contributed by atoms with Crippen molar-refractivity contribution in [2.24, 2.45) is 0 Å². The van der Waals surface area contributed by atoms with Gasteiger partial charge in [-0.15, -0.1) is 0 Å². The lowest BCUT2D eigenvalue weighted by atomic mass is 10.1. The van der Waals surface area contributed by atoms with Gasteiger partial charge in [-0.25, -0.2) is 0 Å². The maximum absolute atomic E-state index is 12.4. The van der Waals surface area contributed by atoms with Crippen molar-refractivity contribution in [3.05, 3.63) is 34.3 Å². The van der Waals surface area contributed by atoms with Gasteiger partial charge in [0.1, 0.15) is 6.04 Å². The van der Waals surface area contributed by atoms with E-state index < -0.39 is 6.04 Å². The van der Waals surface area contributed by atoms with E-state index in [1.165, 1.54) is 0 Å². The first kappa shape index (κ1) is 20.0. The molecule has 1 aromatic carbocycles. The third-order valence-electron chi connectivity index (χ3n) is 3.46. The summed E-state index contributed by atoms with van der Waals surface area (Å²) in [5.41, 5.74) is 0.538. The predicted molar refractivity (Wildman–Crippen MR) is 101 cm³/mol. The van der Waals surface area contributed by atoms with Crippen LogP contribution in [0.5, 0.6) is 0 Å². The van der Waals surface area contributed by atoms with Crippen molar-refractivity contribution in [1.82, 2.24) is 10.6 Å². The van der Waals surface area contributed by atoms with Crippen LogP contribution in [0.3, 0.4) is 0 Å². The highest BCUT2D eigenvalue weighted by atomic mass is 79.9. The van der Waals surface area contributed by atoms with Crippen LogP contribution in [0.15, 0.2) is 28.7 Å². The van der Waals surface area contributed by atoms with Crippen LogP contribution in [0.4, 0.5) is 0 Å². The lowest BCUT2D eigenvalue weighted by Crippen LogP contribution is -2.49. The van der Waals surface area contributed by atoms with Crippen LogP contribution in [0.2, 0.25) is 0 Å². The Kier molecular flexibility index (Phi) is 9.33. The maximum Gasteiger partial charge on any atom is 0.253 e. The summed E-state index contributed by atoms with van der Waals surface area (Å²) in [7, 11) is 0. The monoisotopic (exact) mass is 400 g/mol. The zero-order valence-corrected chi connectivity index (χ0v) is 16.3. The fraction of sp³-hybridized carbons (Fsp3) is 0.529. The zero-order chi connectivity index (χ0) is 17.2. The van der Waals surface area contributed by atoms with Gasteiger partial charge >= 0.3 is 0 Å². The highest BCUT2D eigenvalue weighted by molar-refractivity contribution is 9.10. The minimum atomic E-state index is -0.513. The molecule has 4 nitrogen and oxygen atoms in total. The first-order valence-electron chi connectivity index (χ1n) is 7.84. The van der Waals surface area contributed by atoms with Crippen LogP contribution >= 0.6 is 27.7 Å². The van der Waals surface area contributed by atoms with E-state index in [2.05, 4.69) is 33.5 Å². The van der Waals surface area contributed by atoms with Crippen LogP contribution < -0.4 is 10.6 Å². The Morgan fingerprint density at radius 1 is 1.22 bits per heavy atom. The molecule has 0 heterocycles. The normalized spacial score (nSPS) is 13.2. The molecule has 0 saturated heterocycles. The van der Waals surface area contributed by atoms with Gasteiger partial charge in [-0.05, 0) is 59.8 Å². The Morgan fingerprint density at radius 2 is 1.91 bits per heavy atom. The number of nitrogens with one attached hydrogen (secondary N) is 2. The third-order valence-corrected chi connectivity index (χ3v) is 4.80. The molecule has 0 fully saturated rings. The SMILES string of the molecule is CCCC(C)NC(=O)C(CCSC)NC(=O)c1ccccc1Br. The molecule has 128 valence electrons. The second-order valence-corrected chi connectivity index (χ2v) is 7.33. The molecule has 0 aromatic heterocycles. The Morgan fingerprint density at radius 3 is 2.52 bits per heavy atom. The second-order valence-electron chi connectivity index (χ2n) is 5.49. The van der Waals surface area contributed by atoms with Crippen LogP contribution in [0, 0.1) is 0 Å². The molecule has 0 spiro atoms. The van der Waals surface area contributed by atoms with E-state index >= 15 is 0 Å². The predicted octanol–water partition coefficient (Wildman–Crippen LogP) is 3.61. The summed E-state index contributed by atoms with van der Waals surface area (Å²) >= 11 is 5.03. The lowest BCUT2D eigenvalue weighted by molar-refractivity contribution is -0.123. The average molecular weight is 401 g/mol. The number of hydrogen-bond acceptors (Lipinski definition) is 3. The second kappa shape index (κ2) is 10.7. The summed E-state index contributed by atoms with van der Waals surface area (Å²) < 4.78 is 0.723. The molecule has 0 aliphatic heterocycles. The van der Waals surface area contributed by atoms with E-state index in [-0.39, 0.29) is 17.9 Å². The molecule has 2 amide bonds. The molecule has 0 aliphatic carbocycles. The van der Waals surface area contributed by atoms with Crippen LogP contribution in [-0.2, 0) is 4.79 Å². The van der Waals surface area contributed by atoms with Gasteiger partial charge in [0.2, 0.25) is 5.91 Å². The standard InChI is InChI=1S/C17H25BrN2O2S/c1-4-7-12(2)19-17(22)15(10-11-23-3)20-16(21)13-8-5-6-9-14(13)18/h5-6,8-9,12,15H,4,7,10-11H2,1-3H3,(H,19,22)(H,20,21). The Labute approximate surface area is 151 Å². The fourth-order valence-electron chi connectivity index (χ4n) is 2.23. The Bertz CT molecular complexity index is 525. The van der Waals surface area contributed by atoms with Crippen molar-refractivity contribution in [3.8, 4) is 0 Å². The smallest absolute Gasteiger partial charge is 0.253 e. The van der Waals surface area contributed by atoms with Crippen molar-refractivity contribution in [2.75, 3.05) is 12.0 Å². The minimum absolute atomic E-state index is 0.111. The summed E-state index contributed by atoms with van der Waals surface area (Å²) in [4.78, 5) is 24.9. The molecule has 1 aromatic rings. The lowest BCUT2D eigenvalue weighted by Gasteiger charge is -2.21. The number of carbonyl (C=O) groups is 2. The van der Waals surface area contributed by atoms with E-state index in [1.54, 1.807) is 23.9 Å². The number of halogens is 1. The number of hydrogen-bond donors (Lipinski definition) is 2. The molecule has 2 unspecified atom stereocenters. The Balaban J connectivity index is 2.75. The topological polar surface area (TPSA) is 58.2 Å². The molecule has 0 saturated carbocycles. The molecule has 0 aliphatic rings. The van der Waals surface area contributed by atoms with E-state index in [0.29, 0.717) is 12.0 Å². The van der Waals surface area contributed by atoms with Gasteiger partial charge in [0.15, 0.2) is 0 Å².